The Bertz CT molecular complexity index is 1470. The SMILES string of the molecule is CCOc1ccc(-n2nc(-c3nc(-c4cccc(C)c4)no3)c3ccccc3c2=O)cc1. The zero-order valence-electron chi connectivity index (χ0n) is 17.6. The fraction of sp³-hybridized carbons (Fsp3) is 0.120. The first kappa shape index (κ1) is 19.7. The Morgan fingerprint density at radius 2 is 1.75 bits per heavy atom. The van der Waals surface area contributed by atoms with E-state index in [0.717, 1.165) is 16.9 Å². The van der Waals surface area contributed by atoms with Crippen LogP contribution in [0.1, 0.15) is 12.5 Å². The molecule has 0 atom stereocenters. The Balaban J connectivity index is 1.67. The summed E-state index contributed by atoms with van der Waals surface area (Å²) in [7, 11) is 0. The molecule has 0 bridgehead atoms. The zero-order valence-corrected chi connectivity index (χ0v) is 17.6. The minimum absolute atomic E-state index is 0.230. The molecule has 0 N–H and O–H groups in total. The Morgan fingerprint density at radius 1 is 0.969 bits per heavy atom. The third-order valence-corrected chi connectivity index (χ3v) is 5.10. The van der Waals surface area contributed by atoms with Crippen molar-refractivity contribution in [3.05, 3.63) is 88.7 Å². The van der Waals surface area contributed by atoms with Gasteiger partial charge in [0.25, 0.3) is 11.4 Å². The number of fused-ring (bicyclic) bond motifs is 1. The first-order chi connectivity index (χ1) is 15.6. The minimum Gasteiger partial charge on any atom is -0.494 e. The summed E-state index contributed by atoms with van der Waals surface area (Å²) in [6.45, 7) is 4.50. The monoisotopic (exact) mass is 424 g/mol. The van der Waals surface area contributed by atoms with Crippen LogP contribution >= 0.6 is 0 Å². The summed E-state index contributed by atoms with van der Waals surface area (Å²) in [5.74, 6) is 1.44. The second-order valence-corrected chi connectivity index (χ2v) is 7.33. The third kappa shape index (κ3) is 3.54. The number of hydrogen-bond acceptors (Lipinski definition) is 6. The van der Waals surface area contributed by atoms with Crippen LogP contribution in [0.25, 0.3) is 39.4 Å². The molecule has 158 valence electrons. The summed E-state index contributed by atoms with van der Waals surface area (Å²) < 4.78 is 12.4. The summed E-state index contributed by atoms with van der Waals surface area (Å²) in [6, 6.07) is 22.3. The standard InChI is InChI=1S/C25H20N4O3/c1-3-31-19-13-11-18(12-14-19)29-25(30)21-10-5-4-9-20(21)22(27-29)24-26-23(28-32-24)17-8-6-7-16(2)15-17/h4-15H,3H2,1-2H3. The van der Waals surface area contributed by atoms with Gasteiger partial charge in [-0.3, -0.25) is 4.79 Å². The van der Waals surface area contributed by atoms with Gasteiger partial charge < -0.3 is 9.26 Å². The van der Waals surface area contributed by atoms with E-state index < -0.39 is 0 Å². The molecule has 5 rings (SSSR count). The summed E-state index contributed by atoms with van der Waals surface area (Å²) in [6.07, 6.45) is 0. The Morgan fingerprint density at radius 3 is 2.50 bits per heavy atom. The molecule has 7 heteroatoms. The van der Waals surface area contributed by atoms with Crippen molar-refractivity contribution in [2.24, 2.45) is 0 Å². The molecular weight excluding hydrogens is 404 g/mol. The van der Waals surface area contributed by atoms with Crippen LogP contribution in [0, 0.1) is 6.92 Å². The number of nitrogens with zero attached hydrogens (tertiary/aromatic N) is 4. The van der Waals surface area contributed by atoms with E-state index in [0.29, 0.717) is 34.6 Å². The maximum Gasteiger partial charge on any atom is 0.279 e. The smallest absolute Gasteiger partial charge is 0.279 e. The van der Waals surface area contributed by atoms with Crippen LogP contribution < -0.4 is 10.3 Å². The topological polar surface area (TPSA) is 83.0 Å². The lowest BCUT2D eigenvalue weighted by Gasteiger charge is -2.10. The van der Waals surface area contributed by atoms with E-state index in [1.165, 1.54) is 4.68 Å². The Hall–Kier alpha value is -4.26. The average molecular weight is 424 g/mol. The molecule has 7 nitrogen and oxygen atoms in total. The van der Waals surface area contributed by atoms with Gasteiger partial charge in [0.05, 0.1) is 17.7 Å². The van der Waals surface area contributed by atoms with Gasteiger partial charge >= 0.3 is 0 Å². The van der Waals surface area contributed by atoms with E-state index in [-0.39, 0.29) is 11.4 Å². The van der Waals surface area contributed by atoms with Crippen molar-refractivity contribution in [1.82, 2.24) is 19.9 Å². The number of benzene rings is 3. The molecule has 0 spiro atoms. The van der Waals surface area contributed by atoms with Gasteiger partial charge in [0.15, 0.2) is 5.69 Å². The van der Waals surface area contributed by atoms with Crippen LogP contribution in [0.3, 0.4) is 0 Å². The van der Waals surface area contributed by atoms with E-state index in [1.54, 1.807) is 18.2 Å². The molecule has 0 unspecified atom stereocenters. The lowest BCUT2D eigenvalue weighted by atomic mass is 10.1. The summed E-state index contributed by atoms with van der Waals surface area (Å²) in [5, 5.41) is 9.91. The third-order valence-electron chi connectivity index (χ3n) is 5.10. The van der Waals surface area contributed by atoms with E-state index in [1.807, 2.05) is 68.4 Å². The number of aromatic nitrogens is 4. The molecule has 0 saturated heterocycles. The summed E-state index contributed by atoms with van der Waals surface area (Å²) >= 11 is 0. The van der Waals surface area contributed by atoms with E-state index in [9.17, 15) is 4.79 Å². The number of hydrogen-bond donors (Lipinski definition) is 0. The fourth-order valence-electron chi connectivity index (χ4n) is 3.59. The fourth-order valence-corrected chi connectivity index (χ4v) is 3.59. The minimum atomic E-state index is -0.230. The summed E-state index contributed by atoms with van der Waals surface area (Å²) in [5.41, 5.74) is 2.78. The predicted molar refractivity (Wildman–Crippen MR) is 122 cm³/mol. The van der Waals surface area contributed by atoms with Crippen molar-refractivity contribution < 1.29 is 9.26 Å². The van der Waals surface area contributed by atoms with E-state index in [2.05, 4.69) is 15.2 Å². The number of aryl methyl sites for hydroxylation is 1. The Labute approximate surface area is 183 Å². The molecule has 3 aromatic carbocycles. The van der Waals surface area contributed by atoms with Crippen molar-refractivity contribution >= 4 is 10.8 Å². The highest BCUT2D eigenvalue weighted by Crippen LogP contribution is 2.27. The second-order valence-electron chi connectivity index (χ2n) is 7.33. The molecule has 5 aromatic rings. The molecule has 2 aromatic heterocycles. The first-order valence-corrected chi connectivity index (χ1v) is 10.3. The molecule has 0 aliphatic rings. The van der Waals surface area contributed by atoms with Crippen LogP contribution in [0.5, 0.6) is 5.75 Å². The molecule has 0 amide bonds. The van der Waals surface area contributed by atoms with Crippen LogP contribution in [0.4, 0.5) is 0 Å². The highest BCUT2D eigenvalue weighted by Gasteiger charge is 2.19. The molecular formula is C25H20N4O3. The van der Waals surface area contributed by atoms with Gasteiger partial charge in [0.2, 0.25) is 5.82 Å². The molecule has 0 aliphatic heterocycles. The van der Waals surface area contributed by atoms with E-state index >= 15 is 0 Å². The average Bonchev–Trinajstić information content (AvgIpc) is 3.31. The van der Waals surface area contributed by atoms with Crippen molar-refractivity contribution in [2.45, 2.75) is 13.8 Å². The van der Waals surface area contributed by atoms with Gasteiger partial charge in [0, 0.05) is 10.9 Å². The first-order valence-electron chi connectivity index (χ1n) is 10.3. The van der Waals surface area contributed by atoms with Gasteiger partial charge in [-0.15, -0.1) is 0 Å². The van der Waals surface area contributed by atoms with Crippen molar-refractivity contribution in [1.29, 1.82) is 0 Å². The largest absolute Gasteiger partial charge is 0.494 e. The van der Waals surface area contributed by atoms with E-state index in [4.69, 9.17) is 9.26 Å². The van der Waals surface area contributed by atoms with Gasteiger partial charge in [-0.25, -0.2) is 0 Å². The zero-order chi connectivity index (χ0) is 22.1. The lowest BCUT2D eigenvalue weighted by Crippen LogP contribution is -2.22. The quantitative estimate of drug-likeness (QED) is 0.403. The van der Waals surface area contributed by atoms with Crippen molar-refractivity contribution in [3.63, 3.8) is 0 Å². The molecule has 2 heterocycles. The normalized spacial score (nSPS) is 11.1. The maximum atomic E-state index is 13.2. The number of ether oxygens (including phenoxy) is 1. The summed E-state index contributed by atoms with van der Waals surface area (Å²) in [4.78, 5) is 17.8. The molecule has 0 saturated carbocycles. The number of rotatable bonds is 5. The van der Waals surface area contributed by atoms with Crippen LogP contribution in [-0.2, 0) is 0 Å². The highest BCUT2D eigenvalue weighted by molar-refractivity contribution is 5.92. The van der Waals surface area contributed by atoms with Gasteiger partial charge in [-0.1, -0.05) is 47.1 Å². The van der Waals surface area contributed by atoms with Gasteiger partial charge in [-0.2, -0.15) is 14.8 Å². The van der Waals surface area contributed by atoms with Crippen LogP contribution in [0.15, 0.2) is 82.1 Å². The molecule has 32 heavy (non-hydrogen) atoms. The van der Waals surface area contributed by atoms with Crippen molar-refractivity contribution in [3.8, 4) is 34.4 Å². The predicted octanol–water partition coefficient (Wildman–Crippen LogP) is 4.81. The van der Waals surface area contributed by atoms with Crippen molar-refractivity contribution in [2.75, 3.05) is 6.61 Å². The maximum absolute atomic E-state index is 13.2. The molecule has 0 aliphatic carbocycles. The Kier molecular flexibility index (Phi) is 4.99. The molecule has 0 fully saturated rings. The lowest BCUT2D eigenvalue weighted by molar-refractivity contribution is 0.340. The van der Waals surface area contributed by atoms with Gasteiger partial charge in [0.1, 0.15) is 5.75 Å². The second kappa shape index (κ2) is 8.11. The van der Waals surface area contributed by atoms with Gasteiger partial charge in [-0.05, 0) is 50.2 Å². The van der Waals surface area contributed by atoms with Crippen LogP contribution in [-0.4, -0.2) is 26.5 Å². The highest BCUT2D eigenvalue weighted by atomic mass is 16.5. The molecule has 0 radical (unpaired) electrons. The van der Waals surface area contributed by atoms with Crippen LogP contribution in [0.2, 0.25) is 0 Å².